The minimum atomic E-state index is -1.55. The number of β-lactam (4-membered cyclic amide) rings is 1. The van der Waals surface area contributed by atoms with E-state index in [1.807, 2.05) is 0 Å². The van der Waals surface area contributed by atoms with Crippen LogP contribution < -0.4 is 20.8 Å². The highest BCUT2D eigenvalue weighted by atomic mass is 32.2. The predicted octanol–water partition coefficient (Wildman–Crippen LogP) is 0.502. The number of tetrazole rings is 1. The molecule has 0 saturated carbocycles. The normalized spacial score (nSPS) is 17.3. The number of aryl methyl sites for hydroxylation is 2. The van der Waals surface area contributed by atoms with Crippen LogP contribution in [0.15, 0.2) is 62.0 Å². The molecular formula is C31H27N7O12S2. The van der Waals surface area contributed by atoms with Crippen LogP contribution in [0.5, 0.6) is 17.2 Å². The van der Waals surface area contributed by atoms with Crippen molar-refractivity contribution < 1.29 is 53.6 Å². The van der Waals surface area contributed by atoms with E-state index in [2.05, 4.69) is 26.2 Å². The number of carbonyl (C=O) groups is 5. The first kappa shape index (κ1) is 35.7. The Morgan fingerprint density at radius 2 is 1.83 bits per heavy atom. The Labute approximate surface area is 299 Å². The van der Waals surface area contributed by atoms with Crippen LogP contribution in [0.1, 0.15) is 27.7 Å². The standard InChI is InChI=1S/C31H27N7O12S2/c1-12-21(25(43)16-7-17(39)18(40)8-19(16)50-12)26(44)32-22(13-3-5-15(6-4-13)49-9-20(41)42)27(45)33-23-28(46)38-24(30(47)48)14(10-51-29(23)38)11-52-31-34-35-36-37(31)2/h3-8,22-23,29,39-40H,9-11H2,1-2H3,(H,32,44)(H,33,45)(H,41,42)(H,47,48)/t22?,23-,29-/m1/s1. The van der Waals surface area contributed by atoms with Crippen molar-refractivity contribution in [3.8, 4) is 17.2 Å². The number of aromatic hydroxyl groups is 2. The minimum Gasteiger partial charge on any atom is -0.504 e. The molecule has 2 aliphatic heterocycles. The Morgan fingerprint density at radius 1 is 1.12 bits per heavy atom. The molecule has 1 unspecified atom stereocenters. The lowest BCUT2D eigenvalue weighted by Crippen LogP contribution is -2.71. The molecule has 3 atom stereocenters. The number of aliphatic carboxylic acids is 2. The van der Waals surface area contributed by atoms with Crippen LogP contribution in [-0.2, 0) is 26.2 Å². The van der Waals surface area contributed by atoms with E-state index < -0.39 is 76.2 Å². The number of aromatic nitrogens is 4. The van der Waals surface area contributed by atoms with Crippen LogP contribution in [0.25, 0.3) is 11.0 Å². The Hall–Kier alpha value is -6.09. The van der Waals surface area contributed by atoms with E-state index in [1.165, 1.54) is 59.4 Å². The molecule has 21 heteroatoms. The number of nitrogens with zero attached hydrogens (tertiary/aromatic N) is 5. The van der Waals surface area contributed by atoms with E-state index in [0.717, 1.165) is 17.0 Å². The molecule has 2 aromatic heterocycles. The topological polar surface area (TPSA) is 277 Å². The number of carboxylic acid groups (broad SMARTS) is 2. The first-order chi connectivity index (χ1) is 24.7. The summed E-state index contributed by atoms with van der Waals surface area (Å²) in [5.41, 5.74) is -1.12. The van der Waals surface area contributed by atoms with Crippen molar-refractivity contribution in [2.45, 2.75) is 29.5 Å². The van der Waals surface area contributed by atoms with Gasteiger partial charge in [-0.25, -0.2) is 14.3 Å². The van der Waals surface area contributed by atoms with Crippen LogP contribution in [-0.4, -0.2) is 105 Å². The molecule has 2 aliphatic rings. The number of rotatable bonds is 12. The summed E-state index contributed by atoms with van der Waals surface area (Å²) in [4.78, 5) is 78.8. The lowest BCUT2D eigenvalue weighted by atomic mass is 10.0. The average molecular weight is 754 g/mol. The van der Waals surface area contributed by atoms with Gasteiger partial charge in [-0.1, -0.05) is 23.9 Å². The summed E-state index contributed by atoms with van der Waals surface area (Å²) in [5, 5.41) is 54.4. The minimum absolute atomic E-state index is 0.110. The molecule has 270 valence electrons. The highest BCUT2D eigenvalue weighted by Crippen LogP contribution is 2.41. The van der Waals surface area contributed by atoms with Gasteiger partial charge in [-0.05, 0) is 46.7 Å². The maximum atomic E-state index is 13.9. The fraction of sp³-hybridized carbons (Fsp3) is 0.258. The van der Waals surface area contributed by atoms with E-state index in [1.54, 1.807) is 7.05 Å². The first-order valence-electron chi connectivity index (χ1n) is 15.1. The molecule has 1 fully saturated rings. The zero-order valence-electron chi connectivity index (χ0n) is 26.9. The number of benzene rings is 2. The summed E-state index contributed by atoms with van der Waals surface area (Å²) in [7, 11) is 1.63. The largest absolute Gasteiger partial charge is 0.504 e. The number of phenols is 2. The van der Waals surface area contributed by atoms with Crippen LogP contribution >= 0.6 is 23.5 Å². The number of phenolic OH excluding ortho intramolecular Hbond substituents is 2. The van der Waals surface area contributed by atoms with Crippen molar-refractivity contribution in [2.24, 2.45) is 7.05 Å². The number of carboxylic acids is 2. The average Bonchev–Trinajstić information content (AvgIpc) is 3.52. The van der Waals surface area contributed by atoms with Crippen molar-refractivity contribution >= 4 is 64.2 Å². The third kappa shape index (κ3) is 6.82. The molecule has 0 aliphatic carbocycles. The van der Waals surface area contributed by atoms with Crippen molar-refractivity contribution in [3.63, 3.8) is 0 Å². The number of hydrogen-bond acceptors (Lipinski definition) is 15. The van der Waals surface area contributed by atoms with Crippen molar-refractivity contribution in [1.82, 2.24) is 35.7 Å². The Balaban J connectivity index is 1.26. The molecule has 1 saturated heterocycles. The van der Waals surface area contributed by atoms with Crippen molar-refractivity contribution in [2.75, 3.05) is 18.1 Å². The van der Waals surface area contributed by atoms with Crippen LogP contribution in [0.2, 0.25) is 0 Å². The third-order valence-corrected chi connectivity index (χ3v) is 10.4. The summed E-state index contributed by atoms with van der Waals surface area (Å²) in [6.07, 6.45) is 0. The molecule has 0 spiro atoms. The Bertz CT molecular complexity index is 2240. The van der Waals surface area contributed by atoms with Gasteiger partial charge in [-0.15, -0.1) is 16.9 Å². The molecule has 4 aromatic rings. The number of fused-ring (bicyclic) bond motifs is 2. The highest BCUT2D eigenvalue weighted by Gasteiger charge is 2.54. The van der Waals surface area contributed by atoms with Gasteiger partial charge in [0.2, 0.25) is 16.5 Å². The number of ether oxygens (including phenoxy) is 1. The fourth-order valence-corrected chi connectivity index (χ4v) is 7.86. The highest BCUT2D eigenvalue weighted by molar-refractivity contribution is 8.01. The zero-order valence-corrected chi connectivity index (χ0v) is 28.6. The number of amides is 3. The summed E-state index contributed by atoms with van der Waals surface area (Å²) in [5.74, 6) is -6.05. The smallest absolute Gasteiger partial charge is 0.352 e. The molecule has 0 bridgehead atoms. The molecular weight excluding hydrogens is 727 g/mol. The second-order valence-corrected chi connectivity index (χ2v) is 13.4. The first-order valence-corrected chi connectivity index (χ1v) is 17.1. The molecule has 52 heavy (non-hydrogen) atoms. The molecule has 2 aromatic carbocycles. The van der Waals surface area contributed by atoms with E-state index >= 15 is 0 Å². The summed E-state index contributed by atoms with van der Waals surface area (Å²) < 4.78 is 12.1. The number of thioether (sulfide) groups is 2. The van der Waals surface area contributed by atoms with Gasteiger partial charge >= 0.3 is 11.9 Å². The van der Waals surface area contributed by atoms with Gasteiger partial charge in [0.05, 0.1) is 5.39 Å². The van der Waals surface area contributed by atoms with Crippen molar-refractivity contribution in [3.05, 3.63) is 74.8 Å². The summed E-state index contributed by atoms with van der Waals surface area (Å²) in [6, 6.07) is 4.63. The van der Waals surface area contributed by atoms with E-state index in [0.29, 0.717) is 10.7 Å². The Kier molecular flexibility index (Phi) is 9.80. The van der Waals surface area contributed by atoms with Crippen LogP contribution in [0, 0.1) is 6.92 Å². The van der Waals surface area contributed by atoms with Gasteiger partial charge in [0.15, 0.2) is 18.1 Å². The Morgan fingerprint density at radius 3 is 2.48 bits per heavy atom. The van der Waals surface area contributed by atoms with Gasteiger partial charge < -0.3 is 40.2 Å². The van der Waals surface area contributed by atoms with E-state index in [-0.39, 0.29) is 45.2 Å². The summed E-state index contributed by atoms with van der Waals surface area (Å²) >= 11 is 2.42. The molecule has 0 radical (unpaired) electrons. The number of hydrogen-bond donors (Lipinski definition) is 6. The maximum Gasteiger partial charge on any atom is 0.352 e. The van der Waals surface area contributed by atoms with Gasteiger partial charge in [0, 0.05) is 24.6 Å². The van der Waals surface area contributed by atoms with Gasteiger partial charge in [-0.2, -0.15) is 0 Å². The predicted molar refractivity (Wildman–Crippen MR) is 180 cm³/mol. The van der Waals surface area contributed by atoms with Gasteiger partial charge in [0.1, 0.15) is 45.8 Å². The second kappa shape index (κ2) is 14.3. The van der Waals surface area contributed by atoms with Crippen LogP contribution in [0.3, 0.4) is 0 Å². The van der Waals surface area contributed by atoms with Crippen LogP contribution in [0.4, 0.5) is 0 Å². The SMILES string of the molecule is Cc1oc2cc(O)c(O)cc2c(=O)c1C(=O)NC(C(=O)N[C@@H]1C(=O)N2C(C(=O)O)=C(CSc3nnnn3C)CS[C@H]12)c1ccc(OCC(=O)O)cc1. The summed E-state index contributed by atoms with van der Waals surface area (Å²) in [6.45, 7) is 0.671. The molecule has 4 heterocycles. The van der Waals surface area contributed by atoms with Gasteiger partial charge in [0.25, 0.3) is 11.8 Å². The number of nitrogens with one attached hydrogen (secondary N) is 2. The van der Waals surface area contributed by atoms with Crippen molar-refractivity contribution in [1.29, 1.82) is 0 Å². The van der Waals surface area contributed by atoms with Gasteiger partial charge in [-0.3, -0.25) is 24.1 Å². The molecule has 3 amide bonds. The van der Waals surface area contributed by atoms with E-state index in [4.69, 9.17) is 14.3 Å². The second-order valence-electron chi connectivity index (χ2n) is 11.4. The lowest BCUT2D eigenvalue weighted by molar-refractivity contribution is -0.151. The molecule has 6 N–H and O–H groups in total. The molecule has 6 rings (SSSR count). The maximum absolute atomic E-state index is 13.9. The zero-order chi connectivity index (χ0) is 37.4. The third-order valence-electron chi connectivity index (χ3n) is 8.01. The molecule has 19 nitrogen and oxygen atoms in total. The van der Waals surface area contributed by atoms with E-state index in [9.17, 15) is 44.1 Å². The lowest BCUT2D eigenvalue weighted by Gasteiger charge is -2.49. The fourth-order valence-electron chi connectivity index (χ4n) is 5.52. The monoisotopic (exact) mass is 753 g/mol. The number of carbonyl (C=O) groups excluding carboxylic acids is 3. The quantitative estimate of drug-likeness (QED) is 0.0653.